The second-order valence-electron chi connectivity index (χ2n) is 3.67. The van der Waals surface area contributed by atoms with Crippen molar-refractivity contribution in [3.8, 4) is 17.7 Å². The van der Waals surface area contributed by atoms with Crippen molar-refractivity contribution in [2.24, 2.45) is 0 Å². The average Bonchev–Trinajstić information content (AvgIpc) is 2.41. The van der Waals surface area contributed by atoms with Gasteiger partial charge in [0, 0.05) is 18.8 Å². The molecule has 0 aliphatic carbocycles. The maximum atomic E-state index is 8.82. The minimum absolute atomic E-state index is 0.476. The van der Waals surface area contributed by atoms with Gasteiger partial charge in [0.05, 0.1) is 11.6 Å². The molecule has 5 heteroatoms. The molecule has 1 aromatic carbocycles. The van der Waals surface area contributed by atoms with Gasteiger partial charge in [-0.2, -0.15) is 10.2 Å². The minimum Gasteiger partial charge on any atom is -0.439 e. The Bertz CT molecular complexity index is 604. The van der Waals surface area contributed by atoms with Crippen LogP contribution in [0.15, 0.2) is 30.5 Å². The highest BCUT2D eigenvalue weighted by molar-refractivity contribution is 5.40. The lowest BCUT2D eigenvalue weighted by atomic mass is 10.2. The number of benzene rings is 1. The Labute approximate surface area is 105 Å². The fourth-order valence-electron chi connectivity index (χ4n) is 1.39. The van der Waals surface area contributed by atoms with Crippen molar-refractivity contribution in [2.75, 3.05) is 12.4 Å². The van der Waals surface area contributed by atoms with Gasteiger partial charge in [-0.15, -0.1) is 0 Å². The van der Waals surface area contributed by atoms with E-state index in [4.69, 9.17) is 10.00 Å². The first-order valence-corrected chi connectivity index (χ1v) is 5.42. The highest BCUT2D eigenvalue weighted by Gasteiger charge is 2.06. The lowest BCUT2D eigenvalue weighted by Gasteiger charge is -2.08. The highest BCUT2D eigenvalue weighted by Crippen LogP contribution is 2.23. The molecule has 0 saturated heterocycles. The average molecular weight is 240 g/mol. The zero-order chi connectivity index (χ0) is 13.0. The number of nitrogens with one attached hydrogen (secondary N) is 1. The fourth-order valence-corrected chi connectivity index (χ4v) is 1.39. The van der Waals surface area contributed by atoms with Gasteiger partial charge >= 0.3 is 0 Å². The summed E-state index contributed by atoms with van der Waals surface area (Å²) >= 11 is 0. The smallest absolute Gasteiger partial charge is 0.226 e. The van der Waals surface area contributed by atoms with Gasteiger partial charge in [-0.3, -0.25) is 0 Å². The summed E-state index contributed by atoms with van der Waals surface area (Å²) in [5.41, 5.74) is 1.38. The zero-order valence-electron chi connectivity index (χ0n) is 10.1. The number of rotatable bonds is 3. The molecule has 90 valence electrons. The number of aromatic nitrogens is 2. The summed E-state index contributed by atoms with van der Waals surface area (Å²) in [5.74, 6) is 1.55. The third-order valence-electron chi connectivity index (χ3n) is 2.33. The maximum Gasteiger partial charge on any atom is 0.226 e. The van der Waals surface area contributed by atoms with Gasteiger partial charge in [-0.1, -0.05) is 6.07 Å². The second kappa shape index (κ2) is 5.15. The lowest BCUT2D eigenvalue weighted by Crippen LogP contribution is -1.99. The number of hydrogen-bond acceptors (Lipinski definition) is 5. The number of nitrogens with zero attached hydrogens (tertiary/aromatic N) is 3. The third-order valence-corrected chi connectivity index (χ3v) is 2.33. The molecule has 2 rings (SSSR count). The van der Waals surface area contributed by atoms with Gasteiger partial charge in [0.15, 0.2) is 0 Å². The monoisotopic (exact) mass is 240 g/mol. The number of anilines is 1. The van der Waals surface area contributed by atoms with Crippen molar-refractivity contribution in [3.63, 3.8) is 0 Å². The quantitative estimate of drug-likeness (QED) is 0.892. The molecule has 18 heavy (non-hydrogen) atoms. The van der Waals surface area contributed by atoms with Gasteiger partial charge in [0.25, 0.3) is 0 Å². The van der Waals surface area contributed by atoms with E-state index in [-0.39, 0.29) is 0 Å². The lowest BCUT2D eigenvalue weighted by molar-refractivity contribution is 0.458. The molecule has 0 saturated carbocycles. The molecule has 0 fully saturated rings. The van der Waals surface area contributed by atoms with Crippen molar-refractivity contribution in [1.29, 1.82) is 5.26 Å². The summed E-state index contributed by atoms with van der Waals surface area (Å²) < 4.78 is 5.65. The highest BCUT2D eigenvalue weighted by atomic mass is 16.5. The summed E-state index contributed by atoms with van der Waals surface area (Å²) in [5, 5.41) is 11.7. The molecule has 5 nitrogen and oxygen atoms in total. The van der Waals surface area contributed by atoms with Gasteiger partial charge in [-0.05, 0) is 25.1 Å². The second-order valence-corrected chi connectivity index (χ2v) is 3.67. The van der Waals surface area contributed by atoms with E-state index in [1.807, 2.05) is 6.92 Å². The van der Waals surface area contributed by atoms with Crippen molar-refractivity contribution in [1.82, 2.24) is 9.97 Å². The number of nitriles is 1. The van der Waals surface area contributed by atoms with E-state index in [2.05, 4.69) is 21.4 Å². The molecule has 0 bridgehead atoms. The van der Waals surface area contributed by atoms with E-state index >= 15 is 0 Å². The van der Waals surface area contributed by atoms with Gasteiger partial charge in [0.1, 0.15) is 5.75 Å². The summed E-state index contributed by atoms with van der Waals surface area (Å²) in [6.45, 7) is 1.86. The van der Waals surface area contributed by atoms with Crippen LogP contribution in [-0.2, 0) is 0 Å². The Balaban J connectivity index is 2.30. The molecule has 1 aromatic heterocycles. The predicted octanol–water partition coefficient (Wildman–Crippen LogP) is 2.49. The molecular weight excluding hydrogens is 228 g/mol. The van der Waals surface area contributed by atoms with Crippen LogP contribution in [0.4, 0.5) is 5.95 Å². The summed E-state index contributed by atoms with van der Waals surface area (Å²) in [6.07, 6.45) is 1.68. The van der Waals surface area contributed by atoms with E-state index in [0.717, 1.165) is 5.56 Å². The first kappa shape index (κ1) is 11.9. The maximum absolute atomic E-state index is 8.82. The van der Waals surface area contributed by atoms with Gasteiger partial charge in [-0.25, -0.2) is 4.98 Å². The van der Waals surface area contributed by atoms with Crippen LogP contribution in [0.5, 0.6) is 11.6 Å². The van der Waals surface area contributed by atoms with E-state index in [1.54, 1.807) is 37.5 Å². The van der Waals surface area contributed by atoms with Gasteiger partial charge < -0.3 is 10.1 Å². The molecule has 2 aromatic rings. The van der Waals surface area contributed by atoms with Crippen molar-refractivity contribution in [2.45, 2.75) is 6.92 Å². The largest absolute Gasteiger partial charge is 0.439 e. The molecule has 0 radical (unpaired) electrons. The molecule has 0 unspecified atom stereocenters. The molecule has 0 amide bonds. The van der Waals surface area contributed by atoms with Crippen molar-refractivity contribution >= 4 is 5.95 Å². The molecule has 1 N–H and O–H groups in total. The number of ether oxygens (including phenoxy) is 1. The molecular formula is C13H12N4O. The Kier molecular flexibility index (Phi) is 3.39. The first-order chi connectivity index (χ1) is 8.72. The van der Waals surface area contributed by atoms with Crippen LogP contribution < -0.4 is 10.1 Å². The predicted molar refractivity (Wildman–Crippen MR) is 67.5 cm³/mol. The minimum atomic E-state index is 0.476. The van der Waals surface area contributed by atoms with Crippen molar-refractivity contribution < 1.29 is 4.74 Å². The standard InChI is InChI=1S/C13H12N4O/c1-9-8-16-13(15-2)17-12(9)18-11-5-3-4-10(6-11)7-14/h3-6,8H,1-2H3,(H,15,16,17). The van der Waals surface area contributed by atoms with E-state index in [0.29, 0.717) is 23.1 Å². The molecule has 0 aliphatic rings. The van der Waals surface area contributed by atoms with Crippen LogP contribution in [0.25, 0.3) is 0 Å². The van der Waals surface area contributed by atoms with Crippen LogP contribution in [-0.4, -0.2) is 17.0 Å². The Hall–Kier alpha value is -2.61. The fraction of sp³-hybridized carbons (Fsp3) is 0.154. The SMILES string of the molecule is CNc1ncc(C)c(Oc2cccc(C#N)c2)n1. The Morgan fingerprint density at radius 2 is 2.22 bits per heavy atom. The van der Waals surface area contributed by atoms with Crippen LogP contribution in [0, 0.1) is 18.3 Å². The Morgan fingerprint density at radius 1 is 1.39 bits per heavy atom. The van der Waals surface area contributed by atoms with E-state index < -0.39 is 0 Å². The van der Waals surface area contributed by atoms with E-state index in [9.17, 15) is 0 Å². The molecule has 1 heterocycles. The zero-order valence-corrected chi connectivity index (χ0v) is 10.1. The molecule has 0 aliphatic heterocycles. The topological polar surface area (TPSA) is 70.8 Å². The van der Waals surface area contributed by atoms with Crippen LogP contribution in [0.3, 0.4) is 0 Å². The van der Waals surface area contributed by atoms with Crippen LogP contribution in [0.2, 0.25) is 0 Å². The number of aryl methyl sites for hydroxylation is 1. The van der Waals surface area contributed by atoms with Crippen LogP contribution >= 0.6 is 0 Å². The van der Waals surface area contributed by atoms with Gasteiger partial charge in [0.2, 0.25) is 11.8 Å². The van der Waals surface area contributed by atoms with E-state index in [1.165, 1.54) is 0 Å². The number of hydrogen-bond donors (Lipinski definition) is 1. The normalized spacial score (nSPS) is 9.61. The summed E-state index contributed by atoms with van der Waals surface area (Å²) in [6, 6.07) is 9.00. The third kappa shape index (κ3) is 2.55. The first-order valence-electron chi connectivity index (χ1n) is 5.42. The van der Waals surface area contributed by atoms with Crippen molar-refractivity contribution in [3.05, 3.63) is 41.6 Å². The summed E-state index contributed by atoms with van der Waals surface area (Å²) in [7, 11) is 1.74. The molecule has 0 spiro atoms. The summed E-state index contributed by atoms with van der Waals surface area (Å²) in [4.78, 5) is 8.29. The van der Waals surface area contributed by atoms with Crippen LogP contribution in [0.1, 0.15) is 11.1 Å². The molecule has 0 atom stereocenters. The Morgan fingerprint density at radius 3 is 2.94 bits per heavy atom.